The van der Waals surface area contributed by atoms with Crippen molar-refractivity contribution in [3.05, 3.63) is 46.2 Å². The summed E-state index contributed by atoms with van der Waals surface area (Å²) in [5.74, 6) is 0.282. The van der Waals surface area contributed by atoms with Crippen LogP contribution in [0.1, 0.15) is 29.1 Å². The Morgan fingerprint density at radius 2 is 2.04 bits per heavy atom. The molecule has 0 saturated heterocycles. The molecule has 0 atom stereocenters. The summed E-state index contributed by atoms with van der Waals surface area (Å²) in [6.45, 7) is 4.20. The highest BCUT2D eigenvalue weighted by molar-refractivity contribution is 7.12. The van der Waals surface area contributed by atoms with Gasteiger partial charge in [-0.05, 0) is 49.1 Å². The van der Waals surface area contributed by atoms with E-state index >= 15 is 0 Å². The molecule has 2 rings (SSSR count). The summed E-state index contributed by atoms with van der Waals surface area (Å²) >= 11 is 1.30. The SMILES string of the molecule is CCOC(=O)N/N=C\c1ccc(OC(=O)c2cccs2)c(OCC)c1. The first-order chi connectivity index (χ1) is 12.1. The number of amides is 1. The Hall–Kier alpha value is -2.87. The van der Waals surface area contributed by atoms with Crippen molar-refractivity contribution in [2.24, 2.45) is 5.10 Å². The van der Waals surface area contributed by atoms with Gasteiger partial charge >= 0.3 is 12.1 Å². The number of carbonyl (C=O) groups excluding carboxylic acids is 2. The van der Waals surface area contributed by atoms with Crippen molar-refractivity contribution in [2.45, 2.75) is 13.8 Å². The smallest absolute Gasteiger partial charge is 0.427 e. The van der Waals surface area contributed by atoms with Crippen molar-refractivity contribution in [1.82, 2.24) is 5.43 Å². The first-order valence-corrected chi connectivity index (χ1v) is 8.50. The number of nitrogens with one attached hydrogen (secondary N) is 1. The molecule has 1 heterocycles. The number of carbonyl (C=O) groups is 2. The van der Waals surface area contributed by atoms with E-state index in [9.17, 15) is 9.59 Å². The first-order valence-electron chi connectivity index (χ1n) is 7.62. The zero-order valence-electron chi connectivity index (χ0n) is 13.9. The lowest BCUT2D eigenvalue weighted by atomic mass is 10.2. The van der Waals surface area contributed by atoms with Gasteiger partial charge in [-0.1, -0.05) is 6.07 Å². The Balaban J connectivity index is 2.09. The van der Waals surface area contributed by atoms with Crippen molar-refractivity contribution in [1.29, 1.82) is 0 Å². The number of benzene rings is 1. The minimum atomic E-state index is -0.634. The summed E-state index contributed by atoms with van der Waals surface area (Å²) in [5.41, 5.74) is 2.90. The molecular weight excluding hydrogens is 344 g/mol. The molecular formula is C17H18N2O5S. The predicted molar refractivity (Wildman–Crippen MR) is 94.6 cm³/mol. The maximum Gasteiger partial charge on any atom is 0.427 e. The Morgan fingerprint density at radius 3 is 2.72 bits per heavy atom. The lowest BCUT2D eigenvalue weighted by Gasteiger charge is -2.10. The quantitative estimate of drug-likeness (QED) is 0.353. The Kier molecular flexibility index (Phi) is 6.97. The molecule has 0 unspecified atom stereocenters. The largest absolute Gasteiger partial charge is 0.490 e. The van der Waals surface area contributed by atoms with Crippen molar-refractivity contribution in [3.8, 4) is 11.5 Å². The van der Waals surface area contributed by atoms with E-state index in [2.05, 4.69) is 10.5 Å². The molecule has 1 aromatic heterocycles. The third-order valence-electron chi connectivity index (χ3n) is 2.84. The number of hydrazone groups is 1. The van der Waals surface area contributed by atoms with E-state index in [1.54, 1.807) is 42.6 Å². The lowest BCUT2D eigenvalue weighted by molar-refractivity contribution is 0.0733. The van der Waals surface area contributed by atoms with E-state index in [0.717, 1.165) is 0 Å². The second kappa shape index (κ2) is 9.43. The number of rotatable bonds is 7. The summed E-state index contributed by atoms with van der Waals surface area (Å²) in [5, 5.41) is 5.58. The summed E-state index contributed by atoms with van der Waals surface area (Å²) < 4.78 is 15.6. The molecule has 1 N–H and O–H groups in total. The number of esters is 1. The Labute approximate surface area is 149 Å². The van der Waals surface area contributed by atoms with Crippen LogP contribution in [0.4, 0.5) is 4.79 Å². The van der Waals surface area contributed by atoms with Gasteiger partial charge < -0.3 is 14.2 Å². The van der Waals surface area contributed by atoms with E-state index in [0.29, 0.717) is 28.5 Å². The van der Waals surface area contributed by atoms with Crippen molar-refractivity contribution >= 4 is 29.6 Å². The molecule has 1 aromatic carbocycles. The van der Waals surface area contributed by atoms with E-state index in [1.165, 1.54) is 17.6 Å². The topological polar surface area (TPSA) is 86.2 Å². The van der Waals surface area contributed by atoms with Crippen molar-refractivity contribution < 1.29 is 23.8 Å². The molecule has 132 valence electrons. The molecule has 7 nitrogen and oxygen atoms in total. The monoisotopic (exact) mass is 362 g/mol. The number of nitrogens with zero attached hydrogens (tertiary/aromatic N) is 1. The Morgan fingerprint density at radius 1 is 1.20 bits per heavy atom. The van der Waals surface area contributed by atoms with Gasteiger partial charge in [0.1, 0.15) is 4.88 Å². The van der Waals surface area contributed by atoms with E-state index in [1.807, 2.05) is 6.92 Å². The van der Waals surface area contributed by atoms with E-state index < -0.39 is 12.1 Å². The molecule has 0 fully saturated rings. The molecule has 0 aliphatic carbocycles. The summed E-state index contributed by atoms with van der Waals surface area (Å²) in [7, 11) is 0. The van der Waals surface area contributed by atoms with Gasteiger partial charge in [-0.2, -0.15) is 5.10 Å². The van der Waals surface area contributed by atoms with E-state index in [4.69, 9.17) is 14.2 Å². The van der Waals surface area contributed by atoms with Gasteiger partial charge in [0.15, 0.2) is 11.5 Å². The van der Waals surface area contributed by atoms with Crippen LogP contribution in [-0.2, 0) is 4.74 Å². The highest BCUT2D eigenvalue weighted by Gasteiger charge is 2.13. The number of ether oxygens (including phenoxy) is 3. The third-order valence-corrected chi connectivity index (χ3v) is 3.69. The normalized spacial score (nSPS) is 10.5. The number of thiophene rings is 1. The maximum absolute atomic E-state index is 12.1. The van der Waals surface area contributed by atoms with Crippen LogP contribution in [0.15, 0.2) is 40.8 Å². The van der Waals surface area contributed by atoms with Gasteiger partial charge in [0.05, 0.1) is 19.4 Å². The second-order valence-electron chi connectivity index (χ2n) is 4.60. The fraction of sp³-hybridized carbons (Fsp3) is 0.235. The standard InChI is InChI=1S/C17H18N2O5S/c1-3-22-14-10-12(11-18-19-17(21)23-4-2)7-8-13(14)24-16(20)15-6-5-9-25-15/h5-11H,3-4H2,1-2H3,(H,19,21)/b18-11-. The first kappa shape index (κ1) is 18.5. The van der Waals surface area contributed by atoms with Gasteiger partial charge in [-0.15, -0.1) is 11.3 Å². The van der Waals surface area contributed by atoms with Gasteiger partial charge in [0.25, 0.3) is 0 Å². The van der Waals surface area contributed by atoms with Crippen LogP contribution < -0.4 is 14.9 Å². The van der Waals surface area contributed by atoms with Crippen LogP contribution in [0.5, 0.6) is 11.5 Å². The van der Waals surface area contributed by atoms with Gasteiger partial charge in [0, 0.05) is 0 Å². The zero-order chi connectivity index (χ0) is 18.1. The molecule has 8 heteroatoms. The fourth-order valence-electron chi connectivity index (χ4n) is 1.83. The number of hydrogen-bond acceptors (Lipinski definition) is 7. The van der Waals surface area contributed by atoms with Crippen LogP contribution >= 0.6 is 11.3 Å². The summed E-state index contributed by atoms with van der Waals surface area (Å²) in [6, 6.07) is 8.44. The van der Waals surface area contributed by atoms with Crippen LogP contribution in [-0.4, -0.2) is 31.5 Å². The second-order valence-corrected chi connectivity index (χ2v) is 5.54. The highest BCUT2D eigenvalue weighted by atomic mass is 32.1. The average Bonchev–Trinajstić information content (AvgIpc) is 3.12. The molecule has 2 aromatic rings. The summed E-state index contributed by atoms with van der Waals surface area (Å²) in [4.78, 5) is 23.7. The van der Waals surface area contributed by atoms with Gasteiger partial charge in [-0.25, -0.2) is 15.0 Å². The van der Waals surface area contributed by atoms with Crippen LogP contribution in [0.3, 0.4) is 0 Å². The highest BCUT2D eigenvalue weighted by Crippen LogP contribution is 2.29. The van der Waals surface area contributed by atoms with E-state index in [-0.39, 0.29) is 6.61 Å². The molecule has 0 spiro atoms. The van der Waals surface area contributed by atoms with Gasteiger partial charge in [0.2, 0.25) is 0 Å². The minimum absolute atomic E-state index is 0.264. The fourth-order valence-corrected chi connectivity index (χ4v) is 2.42. The van der Waals surface area contributed by atoms with Crippen molar-refractivity contribution in [3.63, 3.8) is 0 Å². The maximum atomic E-state index is 12.1. The molecule has 25 heavy (non-hydrogen) atoms. The molecule has 1 amide bonds. The summed E-state index contributed by atoms with van der Waals surface area (Å²) in [6.07, 6.45) is 0.801. The predicted octanol–water partition coefficient (Wildman–Crippen LogP) is 3.45. The molecule has 0 saturated carbocycles. The zero-order valence-corrected chi connectivity index (χ0v) is 14.7. The molecule has 0 bridgehead atoms. The molecule has 0 aliphatic rings. The average molecular weight is 362 g/mol. The van der Waals surface area contributed by atoms with Crippen LogP contribution in [0, 0.1) is 0 Å². The molecule has 0 aliphatic heterocycles. The van der Waals surface area contributed by atoms with Crippen LogP contribution in [0.25, 0.3) is 0 Å². The minimum Gasteiger partial charge on any atom is -0.490 e. The lowest BCUT2D eigenvalue weighted by Crippen LogP contribution is -2.18. The van der Waals surface area contributed by atoms with Crippen LogP contribution in [0.2, 0.25) is 0 Å². The van der Waals surface area contributed by atoms with Gasteiger partial charge in [-0.3, -0.25) is 0 Å². The third kappa shape index (κ3) is 5.61. The number of hydrogen-bond donors (Lipinski definition) is 1. The molecule has 0 radical (unpaired) electrons. The Bertz CT molecular complexity index is 744. The van der Waals surface area contributed by atoms with Crippen molar-refractivity contribution in [2.75, 3.05) is 13.2 Å².